The number of halogens is 1. The Kier molecular flexibility index (Phi) is 5.34. The van der Waals surface area contributed by atoms with Gasteiger partial charge in [-0.05, 0) is 47.0 Å². The van der Waals surface area contributed by atoms with E-state index in [1.165, 1.54) is 29.6 Å². The van der Waals surface area contributed by atoms with Crippen molar-refractivity contribution in [3.8, 4) is 0 Å². The molecule has 0 radical (unpaired) electrons. The summed E-state index contributed by atoms with van der Waals surface area (Å²) in [5, 5.41) is 8.98. The Hall–Kier alpha value is -0.920. The Balaban J connectivity index is 3.35. The second kappa shape index (κ2) is 6.24. The quantitative estimate of drug-likeness (QED) is 0.872. The zero-order valence-corrected chi connectivity index (χ0v) is 14.2. The molecule has 0 bridgehead atoms. The summed E-state index contributed by atoms with van der Waals surface area (Å²) >= 11 is 3.17. The van der Waals surface area contributed by atoms with Crippen LogP contribution in [0.15, 0.2) is 27.6 Å². The van der Waals surface area contributed by atoms with Crippen molar-refractivity contribution in [2.75, 3.05) is 7.05 Å². The molecule has 0 heterocycles. The van der Waals surface area contributed by atoms with Gasteiger partial charge in [-0.3, -0.25) is 0 Å². The molecule has 1 unspecified atom stereocenters. The fourth-order valence-corrected chi connectivity index (χ4v) is 4.07. The summed E-state index contributed by atoms with van der Waals surface area (Å²) in [6.07, 6.45) is 0. The fourth-order valence-electron chi connectivity index (χ4n) is 1.63. The molecule has 0 aromatic heterocycles. The van der Waals surface area contributed by atoms with Crippen molar-refractivity contribution in [1.29, 1.82) is 0 Å². The van der Waals surface area contributed by atoms with E-state index < -0.39 is 16.0 Å². The molecule has 0 fully saturated rings. The molecule has 112 valence electrons. The molecular weight excluding hydrogens is 346 g/mol. The second-order valence-electron chi connectivity index (χ2n) is 4.96. The minimum absolute atomic E-state index is 0.0348. The third-order valence-electron chi connectivity index (χ3n) is 3.37. The molecule has 1 rings (SSSR count). The Labute approximate surface area is 127 Å². The number of hydrogen-bond acceptors (Lipinski definition) is 3. The molecule has 1 N–H and O–H groups in total. The van der Waals surface area contributed by atoms with Crippen LogP contribution in [0.5, 0.6) is 0 Å². The van der Waals surface area contributed by atoms with Crippen molar-refractivity contribution in [3.63, 3.8) is 0 Å². The van der Waals surface area contributed by atoms with E-state index in [9.17, 15) is 13.2 Å². The van der Waals surface area contributed by atoms with Crippen LogP contribution in [-0.2, 0) is 10.0 Å². The average Bonchev–Trinajstić information content (AvgIpc) is 2.36. The number of sulfonamides is 1. The molecule has 0 aliphatic carbocycles. The van der Waals surface area contributed by atoms with Crippen LogP contribution in [0.3, 0.4) is 0 Å². The molecule has 1 aromatic rings. The molecule has 0 saturated heterocycles. The summed E-state index contributed by atoms with van der Waals surface area (Å²) in [5.74, 6) is -1.01. The number of carbonyl (C=O) groups is 1. The highest BCUT2D eigenvalue weighted by atomic mass is 79.9. The van der Waals surface area contributed by atoms with Crippen LogP contribution in [0.1, 0.15) is 31.1 Å². The largest absolute Gasteiger partial charge is 0.478 e. The molecule has 1 atom stereocenters. The van der Waals surface area contributed by atoms with Gasteiger partial charge in [-0.2, -0.15) is 4.31 Å². The Morgan fingerprint density at radius 2 is 1.85 bits per heavy atom. The maximum Gasteiger partial charge on any atom is 0.335 e. The third-order valence-corrected chi connectivity index (χ3v) is 6.31. The molecule has 0 saturated carbocycles. The molecule has 0 aliphatic heterocycles. The lowest BCUT2D eigenvalue weighted by atomic mass is 10.1. The molecular formula is C13H18BrNO4S. The van der Waals surface area contributed by atoms with Crippen LogP contribution in [0.4, 0.5) is 0 Å². The van der Waals surface area contributed by atoms with Crippen LogP contribution >= 0.6 is 15.9 Å². The lowest BCUT2D eigenvalue weighted by molar-refractivity contribution is 0.0696. The zero-order valence-electron chi connectivity index (χ0n) is 11.8. The van der Waals surface area contributed by atoms with Crippen molar-refractivity contribution in [3.05, 3.63) is 28.2 Å². The summed E-state index contributed by atoms with van der Waals surface area (Å²) in [4.78, 5) is 10.9. The lowest BCUT2D eigenvalue weighted by Crippen LogP contribution is -2.38. The van der Waals surface area contributed by atoms with Gasteiger partial charge in [-0.25, -0.2) is 13.2 Å². The maximum absolute atomic E-state index is 12.6. The Bertz CT molecular complexity index is 613. The van der Waals surface area contributed by atoms with Crippen LogP contribution in [0.2, 0.25) is 0 Å². The number of rotatable bonds is 5. The van der Waals surface area contributed by atoms with E-state index >= 15 is 0 Å². The van der Waals surface area contributed by atoms with Crippen molar-refractivity contribution in [2.45, 2.75) is 31.7 Å². The van der Waals surface area contributed by atoms with Gasteiger partial charge in [0.1, 0.15) is 0 Å². The van der Waals surface area contributed by atoms with Gasteiger partial charge >= 0.3 is 5.97 Å². The van der Waals surface area contributed by atoms with Gasteiger partial charge in [-0.1, -0.05) is 13.8 Å². The van der Waals surface area contributed by atoms with Crippen molar-refractivity contribution in [2.24, 2.45) is 5.92 Å². The monoisotopic (exact) mass is 363 g/mol. The Morgan fingerprint density at radius 3 is 2.30 bits per heavy atom. The molecule has 20 heavy (non-hydrogen) atoms. The average molecular weight is 364 g/mol. The summed E-state index contributed by atoms with van der Waals surface area (Å²) in [5.41, 5.74) is -0.0580. The summed E-state index contributed by atoms with van der Waals surface area (Å²) in [6, 6.07) is 3.77. The van der Waals surface area contributed by atoms with Gasteiger partial charge in [0.2, 0.25) is 10.0 Å². The topological polar surface area (TPSA) is 74.7 Å². The van der Waals surface area contributed by atoms with Crippen molar-refractivity contribution < 1.29 is 18.3 Å². The van der Waals surface area contributed by atoms with E-state index in [1.807, 2.05) is 20.8 Å². The van der Waals surface area contributed by atoms with Gasteiger partial charge in [0.15, 0.2) is 0 Å². The standard InChI is InChI=1S/C13H18BrNO4S/c1-8(2)9(3)15(4)20(18,19)12-7-10(13(16)17)5-6-11(12)14/h5-9H,1-4H3,(H,16,17). The number of carboxylic acid groups (broad SMARTS) is 1. The maximum atomic E-state index is 12.6. The van der Waals surface area contributed by atoms with Crippen LogP contribution in [0.25, 0.3) is 0 Å². The first-order valence-electron chi connectivity index (χ1n) is 6.10. The van der Waals surface area contributed by atoms with Crippen molar-refractivity contribution in [1.82, 2.24) is 4.31 Å². The summed E-state index contributed by atoms with van der Waals surface area (Å²) < 4.78 is 26.8. The third kappa shape index (κ3) is 3.39. The fraction of sp³-hybridized carbons (Fsp3) is 0.462. The van der Waals surface area contributed by atoms with Gasteiger partial charge in [0, 0.05) is 17.6 Å². The van der Waals surface area contributed by atoms with Gasteiger partial charge in [0.25, 0.3) is 0 Å². The highest BCUT2D eigenvalue weighted by Crippen LogP contribution is 2.27. The van der Waals surface area contributed by atoms with E-state index in [2.05, 4.69) is 15.9 Å². The summed E-state index contributed by atoms with van der Waals surface area (Å²) in [7, 11) is -2.25. The minimum Gasteiger partial charge on any atom is -0.478 e. The van der Waals surface area contributed by atoms with Crippen LogP contribution < -0.4 is 0 Å². The van der Waals surface area contributed by atoms with Gasteiger partial charge in [0.05, 0.1) is 10.5 Å². The first kappa shape index (κ1) is 17.1. The van der Waals surface area contributed by atoms with E-state index in [4.69, 9.17) is 5.11 Å². The van der Waals surface area contributed by atoms with E-state index in [1.54, 1.807) is 0 Å². The molecule has 1 aromatic carbocycles. The lowest BCUT2D eigenvalue weighted by Gasteiger charge is -2.27. The van der Waals surface area contributed by atoms with E-state index in [-0.39, 0.29) is 22.4 Å². The minimum atomic E-state index is -3.75. The number of aromatic carboxylic acids is 1. The molecule has 7 heteroatoms. The molecule has 0 spiro atoms. The Morgan fingerprint density at radius 1 is 1.30 bits per heavy atom. The normalized spacial score (nSPS) is 13.8. The highest BCUT2D eigenvalue weighted by Gasteiger charge is 2.29. The van der Waals surface area contributed by atoms with Crippen LogP contribution in [-0.4, -0.2) is 36.9 Å². The predicted molar refractivity (Wildman–Crippen MR) is 80.4 cm³/mol. The highest BCUT2D eigenvalue weighted by molar-refractivity contribution is 9.10. The smallest absolute Gasteiger partial charge is 0.335 e. The number of hydrogen-bond donors (Lipinski definition) is 1. The number of nitrogens with zero attached hydrogens (tertiary/aromatic N) is 1. The molecule has 5 nitrogen and oxygen atoms in total. The second-order valence-corrected chi connectivity index (χ2v) is 7.78. The van der Waals surface area contributed by atoms with Gasteiger partial charge in [-0.15, -0.1) is 0 Å². The first-order valence-corrected chi connectivity index (χ1v) is 8.33. The molecule has 0 amide bonds. The van der Waals surface area contributed by atoms with Crippen molar-refractivity contribution >= 4 is 31.9 Å². The van der Waals surface area contributed by atoms with E-state index in [0.717, 1.165) is 0 Å². The predicted octanol–water partition coefficient (Wildman–Crippen LogP) is 2.81. The molecule has 0 aliphatic rings. The summed E-state index contributed by atoms with van der Waals surface area (Å²) in [6.45, 7) is 5.68. The van der Waals surface area contributed by atoms with E-state index in [0.29, 0.717) is 4.47 Å². The van der Waals surface area contributed by atoms with Gasteiger partial charge < -0.3 is 5.11 Å². The first-order chi connectivity index (χ1) is 9.09. The number of benzene rings is 1. The van der Waals surface area contributed by atoms with Crippen LogP contribution in [0, 0.1) is 5.92 Å². The zero-order chi connectivity index (χ0) is 15.7. The SMILES string of the molecule is CC(C)C(C)N(C)S(=O)(=O)c1cc(C(=O)O)ccc1Br. The number of carboxylic acids is 1.